The number of nitrogens with one attached hydrogen (secondary N) is 1. The summed E-state index contributed by atoms with van der Waals surface area (Å²) in [5.41, 5.74) is -0.261. The summed E-state index contributed by atoms with van der Waals surface area (Å²) in [4.78, 5) is 10.9. The molecule has 0 unspecified atom stereocenters. The number of rotatable bonds is 5. The lowest BCUT2D eigenvalue weighted by molar-refractivity contribution is 0.0698. The first-order valence-corrected chi connectivity index (χ1v) is 8.97. The van der Waals surface area contributed by atoms with E-state index in [-0.39, 0.29) is 15.2 Å². The molecule has 21 heavy (non-hydrogen) atoms. The summed E-state index contributed by atoms with van der Waals surface area (Å²) in [6.07, 6.45) is 0.630. The van der Waals surface area contributed by atoms with Crippen molar-refractivity contribution in [2.45, 2.75) is 58.4 Å². The normalized spacial score (nSPS) is 13.4. The van der Waals surface area contributed by atoms with Gasteiger partial charge in [-0.1, -0.05) is 20.8 Å². The highest BCUT2D eigenvalue weighted by molar-refractivity contribution is 7.89. The van der Waals surface area contributed by atoms with E-state index in [1.807, 2.05) is 20.8 Å². The van der Waals surface area contributed by atoms with Crippen LogP contribution >= 0.6 is 11.3 Å². The van der Waals surface area contributed by atoms with Crippen molar-refractivity contribution in [2.75, 3.05) is 0 Å². The zero-order valence-electron chi connectivity index (χ0n) is 13.3. The Morgan fingerprint density at radius 3 is 2.24 bits per heavy atom. The average molecular weight is 333 g/mol. The number of aromatic carboxylic acids is 1. The molecule has 5 nitrogen and oxygen atoms in total. The van der Waals surface area contributed by atoms with Crippen LogP contribution in [0, 0.1) is 12.3 Å². The Bertz CT molecular complexity index is 636. The SMILES string of the molecule is Cc1csc(C(=O)O)c1S(=O)(=O)NC(C)(C)CC(C)(C)C. The number of hydrogen-bond donors (Lipinski definition) is 2. The minimum absolute atomic E-state index is 0.0503. The van der Waals surface area contributed by atoms with Gasteiger partial charge in [-0.15, -0.1) is 11.3 Å². The Morgan fingerprint density at radius 1 is 1.29 bits per heavy atom. The van der Waals surface area contributed by atoms with Crippen LogP contribution in [0.25, 0.3) is 0 Å². The third-order valence-corrected chi connectivity index (χ3v) is 5.86. The second kappa shape index (κ2) is 5.70. The first-order valence-electron chi connectivity index (χ1n) is 6.60. The summed E-state index contributed by atoms with van der Waals surface area (Å²) in [5, 5.41) is 10.7. The Balaban J connectivity index is 3.19. The van der Waals surface area contributed by atoms with E-state index in [1.54, 1.807) is 26.2 Å². The molecule has 1 aromatic rings. The molecule has 0 aliphatic rings. The number of carboxylic acid groups (broad SMARTS) is 1. The van der Waals surface area contributed by atoms with Crippen LogP contribution in [-0.2, 0) is 10.0 Å². The standard InChI is InChI=1S/C14H23NO4S2/c1-9-7-20-10(12(16)17)11(9)21(18,19)15-14(5,6)8-13(2,3)4/h7,15H,8H2,1-6H3,(H,16,17). The van der Waals surface area contributed by atoms with Gasteiger partial charge in [-0.3, -0.25) is 0 Å². The summed E-state index contributed by atoms with van der Waals surface area (Å²) in [7, 11) is -3.87. The Morgan fingerprint density at radius 2 is 1.81 bits per heavy atom. The van der Waals surface area contributed by atoms with E-state index in [9.17, 15) is 13.2 Å². The van der Waals surface area contributed by atoms with Crippen molar-refractivity contribution >= 4 is 27.3 Å². The maximum Gasteiger partial charge on any atom is 0.347 e. The summed E-state index contributed by atoms with van der Waals surface area (Å²) in [6.45, 7) is 11.3. The predicted octanol–water partition coefficient (Wildman–Crippen LogP) is 3.25. The van der Waals surface area contributed by atoms with Gasteiger partial charge in [0, 0.05) is 5.54 Å². The molecule has 0 atom stereocenters. The Kier molecular flexibility index (Phi) is 4.92. The van der Waals surface area contributed by atoms with Crippen LogP contribution in [0.15, 0.2) is 10.3 Å². The molecule has 0 aromatic carbocycles. The van der Waals surface area contributed by atoms with E-state index in [0.717, 1.165) is 11.3 Å². The highest BCUT2D eigenvalue weighted by Gasteiger charge is 2.34. The summed E-state index contributed by atoms with van der Waals surface area (Å²) in [5.74, 6) is -1.22. The zero-order valence-corrected chi connectivity index (χ0v) is 14.9. The minimum Gasteiger partial charge on any atom is -0.477 e. The molecule has 0 aliphatic heterocycles. The predicted molar refractivity (Wildman–Crippen MR) is 84.5 cm³/mol. The maximum atomic E-state index is 12.6. The lowest BCUT2D eigenvalue weighted by Gasteiger charge is -2.33. The lowest BCUT2D eigenvalue weighted by Crippen LogP contribution is -2.46. The van der Waals surface area contributed by atoms with Crippen LogP contribution in [0.5, 0.6) is 0 Å². The van der Waals surface area contributed by atoms with Gasteiger partial charge in [0.1, 0.15) is 9.77 Å². The van der Waals surface area contributed by atoms with Crippen LogP contribution < -0.4 is 4.72 Å². The fourth-order valence-electron chi connectivity index (χ4n) is 2.69. The Labute approximate surface area is 130 Å². The van der Waals surface area contributed by atoms with Crippen LogP contribution in [0.4, 0.5) is 0 Å². The van der Waals surface area contributed by atoms with E-state index in [2.05, 4.69) is 4.72 Å². The molecule has 120 valence electrons. The van der Waals surface area contributed by atoms with Crippen LogP contribution in [-0.4, -0.2) is 25.0 Å². The van der Waals surface area contributed by atoms with Gasteiger partial charge in [0.25, 0.3) is 0 Å². The van der Waals surface area contributed by atoms with E-state index in [4.69, 9.17) is 5.11 Å². The molecular formula is C14H23NO4S2. The van der Waals surface area contributed by atoms with Gasteiger partial charge in [-0.05, 0) is 43.6 Å². The van der Waals surface area contributed by atoms with Gasteiger partial charge in [0.15, 0.2) is 0 Å². The molecule has 1 rings (SSSR count). The van der Waals surface area contributed by atoms with Crippen molar-refractivity contribution in [3.63, 3.8) is 0 Å². The monoisotopic (exact) mass is 333 g/mol. The number of carbonyl (C=O) groups is 1. The summed E-state index contributed by atoms with van der Waals surface area (Å²) in [6, 6.07) is 0. The number of sulfonamides is 1. The van der Waals surface area contributed by atoms with E-state index in [1.165, 1.54) is 0 Å². The summed E-state index contributed by atoms with van der Waals surface area (Å²) < 4.78 is 27.8. The van der Waals surface area contributed by atoms with E-state index in [0.29, 0.717) is 12.0 Å². The Hall–Kier alpha value is -0.920. The molecule has 2 N–H and O–H groups in total. The van der Waals surface area contributed by atoms with Gasteiger partial charge in [-0.25, -0.2) is 17.9 Å². The van der Waals surface area contributed by atoms with Crippen molar-refractivity contribution in [2.24, 2.45) is 5.41 Å². The molecule has 0 saturated carbocycles. The molecule has 0 spiro atoms. The largest absolute Gasteiger partial charge is 0.477 e. The quantitative estimate of drug-likeness (QED) is 0.866. The molecular weight excluding hydrogens is 310 g/mol. The highest BCUT2D eigenvalue weighted by Crippen LogP contribution is 2.31. The van der Waals surface area contributed by atoms with Crippen molar-refractivity contribution in [3.8, 4) is 0 Å². The van der Waals surface area contributed by atoms with Crippen LogP contribution in [0.2, 0.25) is 0 Å². The van der Waals surface area contributed by atoms with Crippen molar-refractivity contribution in [1.29, 1.82) is 0 Å². The molecule has 0 fully saturated rings. The van der Waals surface area contributed by atoms with Crippen LogP contribution in [0.1, 0.15) is 56.3 Å². The molecule has 0 radical (unpaired) electrons. The van der Waals surface area contributed by atoms with E-state index < -0.39 is 21.5 Å². The maximum absolute atomic E-state index is 12.6. The first kappa shape index (κ1) is 18.1. The third kappa shape index (κ3) is 4.79. The second-order valence-electron chi connectivity index (χ2n) is 7.11. The van der Waals surface area contributed by atoms with Gasteiger partial charge in [0.05, 0.1) is 0 Å². The second-order valence-corrected chi connectivity index (χ2v) is 9.61. The first-order chi connectivity index (χ1) is 9.25. The fraction of sp³-hybridized carbons (Fsp3) is 0.643. The molecule has 0 saturated heterocycles. The van der Waals surface area contributed by atoms with Gasteiger partial charge < -0.3 is 5.11 Å². The number of carboxylic acids is 1. The van der Waals surface area contributed by atoms with Gasteiger partial charge in [0.2, 0.25) is 10.0 Å². The lowest BCUT2D eigenvalue weighted by atomic mass is 9.82. The summed E-state index contributed by atoms with van der Waals surface area (Å²) >= 11 is 0.932. The number of hydrogen-bond acceptors (Lipinski definition) is 4. The molecule has 7 heteroatoms. The van der Waals surface area contributed by atoms with Gasteiger partial charge in [-0.2, -0.15) is 0 Å². The van der Waals surface area contributed by atoms with Crippen molar-refractivity contribution < 1.29 is 18.3 Å². The number of aryl methyl sites for hydroxylation is 1. The molecule has 0 bridgehead atoms. The molecule has 1 aromatic heterocycles. The van der Waals surface area contributed by atoms with Crippen LogP contribution in [0.3, 0.4) is 0 Å². The van der Waals surface area contributed by atoms with E-state index >= 15 is 0 Å². The molecule has 0 aliphatic carbocycles. The molecule has 1 heterocycles. The number of thiophene rings is 1. The highest BCUT2D eigenvalue weighted by atomic mass is 32.2. The van der Waals surface area contributed by atoms with Crippen molar-refractivity contribution in [3.05, 3.63) is 15.8 Å². The van der Waals surface area contributed by atoms with Crippen molar-refractivity contribution in [1.82, 2.24) is 4.72 Å². The smallest absolute Gasteiger partial charge is 0.347 e. The third-order valence-electron chi connectivity index (χ3n) is 2.76. The topological polar surface area (TPSA) is 83.5 Å². The van der Waals surface area contributed by atoms with Gasteiger partial charge >= 0.3 is 5.97 Å². The molecule has 0 amide bonds. The zero-order chi connectivity index (χ0) is 16.6. The minimum atomic E-state index is -3.87. The average Bonchev–Trinajstić information content (AvgIpc) is 2.54. The fourth-order valence-corrected chi connectivity index (χ4v) is 5.74.